The average Bonchev–Trinajstić information content (AvgIpc) is 2.85. The fraction of sp³-hybridized carbons (Fsp3) is 0.579. The first-order chi connectivity index (χ1) is 10.6. The summed E-state index contributed by atoms with van der Waals surface area (Å²) in [5.41, 5.74) is 2.27. The monoisotopic (exact) mass is 300 g/mol. The Hall–Kier alpha value is -1.32. The second kappa shape index (κ2) is 6.43. The topological polar surface area (TPSA) is 28.4 Å². The van der Waals surface area contributed by atoms with Gasteiger partial charge >= 0.3 is 0 Å². The standard InChI is InChI=1S/C19H28N2O/c1-13(2)21-11-9-16(10-12-21)20-15(4)19-14(3)17-7-5-6-8-18(17)22-19/h5-8,13,15-16,20H,9-12H2,1-4H3. The largest absolute Gasteiger partial charge is 0.459 e. The van der Waals surface area contributed by atoms with Crippen LogP contribution in [-0.2, 0) is 0 Å². The zero-order valence-corrected chi connectivity index (χ0v) is 14.2. The van der Waals surface area contributed by atoms with Gasteiger partial charge in [-0.2, -0.15) is 0 Å². The summed E-state index contributed by atoms with van der Waals surface area (Å²) in [6.07, 6.45) is 2.45. The molecule has 1 aromatic carbocycles. The molecule has 0 spiro atoms. The minimum absolute atomic E-state index is 0.267. The van der Waals surface area contributed by atoms with Crippen molar-refractivity contribution < 1.29 is 4.42 Å². The molecule has 3 rings (SSSR count). The summed E-state index contributed by atoms with van der Waals surface area (Å²) < 4.78 is 6.09. The van der Waals surface area contributed by atoms with Crippen LogP contribution in [0.1, 0.15) is 51.0 Å². The van der Waals surface area contributed by atoms with E-state index >= 15 is 0 Å². The van der Waals surface area contributed by atoms with E-state index in [4.69, 9.17) is 4.42 Å². The lowest BCUT2D eigenvalue weighted by atomic mass is 10.0. The van der Waals surface area contributed by atoms with E-state index in [9.17, 15) is 0 Å². The zero-order chi connectivity index (χ0) is 15.7. The van der Waals surface area contributed by atoms with Gasteiger partial charge in [-0.15, -0.1) is 0 Å². The van der Waals surface area contributed by atoms with Gasteiger partial charge in [-0.1, -0.05) is 18.2 Å². The predicted molar refractivity (Wildman–Crippen MR) is 92.2 cm³/mol. The molecule has 1 unspecified atom stereocenters. The predicted octanol–water partition coefficient (Wildman–Crippen LogP) is 4.26. The first-order valence-electron chi connectivity index (χ1n) is 8.54. The fourth-order valence-corrected chi connectivity index (χ4v) is 3.62. The van der Waals surface area contributed by atoms with Crippen LogP contribution in [-0.4, -0.2) is 30.1 Å². The number of fused-ring (bicyclic) bond motifs is 1. The Morgan fingerprint density at radius 1 is 1.14 bits per heavy atom. The fourth-order valence-electron chi connectivity index (χ4n) is 3.62. The third kappa shape index (κ3) is 3.06. The van der Waals surface area contributed by atoms with Crippen LogP contribution in [0, 0.1) is 6.92 Å². The molecule has 0 aliphatic carbocycles. The van der Waals surface area contributed by atoms with Gasteiger partial charge < -0.3 is 14.6 Å². The number of benzene rings is 1. The van der Waals surface area contributed by atoms with Gasteiger partial charge in [0.15, 0.2) is 0 Å². The van der Waals surface area contributed by atoms with Crippen molar-refractivity contribution in [2.24, 2.45) is 0 Å². The van der Waals surface area contributed by atoms with Crippen LogP contribution in [0.5, 0.6) is 0 Å². The maximum absolute atomic E-state index is 6.09. The second-order valence-electron chi connectivity index (χ2n) is 6.88. The van der Waals surface area contributed by atoms with Gasteiger partial charge in [0.25, 0.3) is 0 Å². The van der Waals surface area contributed by atoms with E-state index in [0.717, 1.165) is 11.3 Å². The number of piperidine rings is 1. The quantitative estimate of drug-likeness (QED) is 0.914. The summed E-state index contributed by atoms with van der Waals surface area (Å²) in [4.78, 5) is 2.56. The first kappa shape index (κ1) is 15.6. The Labute approximate surface area is 133 Å². The van der Waals surface area contributed by atoms with Crippen LogP contribution in [0.3, 0.4) is 0 Å². The van der Waals surface area contributed by atoms with Crippen LogP contribution in [0.25, 0.3) is 11.0 Å². The van der Waals surface area contributed by atoms with E-state index in [1.54, 1.807) is 0 Å². The van der Waals surface area contributed by atoms with Crippen molar-refractivity contribution in [3.8, 4) is 0 Å². The Morgan fingerprint density at radius 3 is 2.45 bits per heavy atom. The molecular formula is C19H28N2O. The molecular weight excluding hydrogens is 272 g/mol. The Kier molecular flexibility index (Phi) is 4.55. The molecule has 0 saturated carbocycles. The van der Waals surface area contributed by atoms with Gasteiger partial charge in [0.05, 0.1) is 6.04 Å². The van der Waals surface area contributed by atoms with E-state index in [2.05, 4.69) is 56.1 Å². The molecule has 1 saturated heterocycles. The summed E-state index contributed by atoms with van der Waals surface area (Å²) in [7, 11) is 0. The van der Waals surface area contributed by atoms with E-state index < -0.39 is 0 Å². The summed E-state index contributed by atoms with van der Waals surface area (Å²) in [6.45, 7) is 11.4. The smallest absolute Gasteiger partial charge is 0.134 e. The van der Waals surface area contributed by atoms with Gasteiger partial charge in [0.1, 0.15) is 11.3 Å². The number of furan rings is 1. The molecule has 2 aromatic rings. The number of likely N-dealkylation sites (tertiary alicyclic amines) is 1. The zero-order valence-electron chi connectivity index (χ0n) is 14.2. The van der Waals surface area contributed by atoms with Crippen molar-refractivity contribution in [1.82, 2.24) is 10.2 Å². The lowest BCUT2D eigenvalue weighted by molar-refractivity contribution is 0.156. The third-order valence-electron chi connectivity index (χ3n) is 5.02. The van der Waals surface area contributed by atoms with Crippen LogP contribution in [0.4, 0.5) is 0 Å². The number of hydrogen-bond acceptors (Lipinski definition) is 3. The number of para-hydroxylation sites is 1. The Bertz CT molecular complexity index is 623. The lowest BCUT2D eigenvalue weighted by Crippen LogP contribution is -2.45. The molecule has 3 nitrogen and oxygen atoms in total. The van der Waals surface area contributed by atoms with E-state index in [-0.39, 0.29) is 6.04 Å². The van der Waals surface area contributed by atoms with Crippen molar-refractivity contribution in [2.75, 3.05) is 13.1 Å². The van der Waals surface area contributed by atoms with Crippen molar-refractivity contribution in [1.29, 1.82) is 0 Å². The third-order valence-corrected chi connectivity index (χ3v) is 5.02. The maximum Gasteiger partial charge on any atom is 0.134 e. The summed E-state index contributed by atoms with van der Waals surface area (Å²) in [6, 6.07) is 9.84. The molecule has 0 bridgehead atoms. The van der Waals surface area contributed by atoms with Crippen molar-refractivity contribution in [2.45, 2.75) is 58.7 Å². The molecule has 0 amide bonds. The number of nitrogens with one attached hydrogen (secondary N) is 1. The van der Waals surface area contributed by atoms with Gasteiger partial charge in [-0.25, -0.2) is 0 Å². The molecule has 1 fully saturated rings. The SMILES string of the molecule is Cc1c(C(C)NC2CCN(C(C)C)CC2)oc2ccccc12. The number of hydrogen-bond donors (Lipinski definition) is 1. The highest BCUT2D eigenvalue weighted by Crippen LogP contribution is 2.30. The molecule has 1 aliphatic heterocycles. The second-order valence-corrected chi connectivity index (χ2v) is 6.88. The summed E-state index contributed by atoms with van der Waals surface area (Å²) in [5, 5.41) is 5.01. The Morgan fingerprint density at radius 2 is 1.82 bits per heavy atom. The van der Waals surface area contributed by atoms with Gasteiger partial charge in [0, 0.05) is 17.5 Å². The number of aryl methyl sites for hydroxylation is 1. The normalized spacial score (nSPS) is 19.1. The van der Waals surface area contributed by atoms with Crippen LogP contribution < -0.4 is 5.32 Å². The maximum atomic E-state index is 6.09. The highest BCUT2D eigenvalue weighted by atomic mass is 16.3. The lowest BCUT2D eigenvalue weighted by Gasteiger charge is -2.36. The summed E-state index contributed by atoms with van der Waals surface area (Å²) >= 11 is 0. The van der Waals surface area contributed by atoms with Crippen LogP contribution in [0.15, 0.2) is 28.7 Å². The highest BCUT2D eigenvalue weighted by molar-refractivity contribution is 5.82. The van der Waals surface area contributed by atoms with Gasteiger partial charge in [0.2, 0.25) is 0 Å². The minimum atomic E-state index is 0.267. The highest BCUT2D eigenvalue weighted by Gasteiger charge is 2.24. The molecule has 120 valence electrons. The molecule has 2 heterocycles. The van der Waals surface area contributed by atoms with Crippen LogP contribution >= 0.6 is 0 Å². The molecule has 0 radical (unpaired) electrons. The number of rotatable bonds is 4. The van der Waals surface area contributed by atoms with Crippen LogP contribution in [0.2, 0.25) is 0 Å². The Balaban J connectivity index is 1.66. The van der Waals surface area contributed by atoms with Crippen molar-refractivity contribution in [3.63, 3.8) is 0 Å². The summed E-state index contributed by atoms with van der Waals surface area (Å²) in [5.74, 6) is 1.09. The first-order valence-corrected chi connectivity index (χ1v) is 8.54. The van der Waals surface area contributed by atoms with Gasteiger partial charge in [-0.05, 0) is 65.3 Å². The van der Waals surface area contributed by atoms with E-state index in [1.807, 2.05) is 6.07 Å². The van der Waals surface area contributed by atoms with Crippen molar-refractivity contribution >= 4 is 11.0 Å². The average molecular weight is 300 g/mol. The minimum Gasteiger partial charge on any atom is -0.459 e. The van der Waals surface area contributed by atoms with Crippen molar-refractivity contribution in [3.05, 3.63) is 35.6 Å². The molecule has 1 atom stereocenters. The molecule has 1 aromatic heterocycles. The molecule has 1 aliphatic rings. The molecule has 1 N–H and O–H groups in total. The van der Waals surface area contributed by atoms with E-state index in [0.29, 0.717) is 12.1 Å². The van der Waals surface area contributed by atoms with Gasteiger partial charge in [-0.3, -0.25) is 0 Å². The number of nitrogens with zero attached hydrogens (tertiary/aromatic N) is 1. The molecule has 3 heteroatoms. The molecule has 22 heavy (non-hydrogen) atoms. The van der Waals surface area contributed by atoms with E-state index in [1.165, 1.54) is 36.9 Å².